The molecule has 1 aromatic rings. The number of hydrogen-bond donors (Lipinski definition) is 1. The van der Waals surface area contributed by atoms with Gasteiger partial charge < -0.3 is 9.73 Å². The molecule has 0 spiro atoms. The van der Waals surface area contributed by atoms with Crippen LogP contribution in [0.1, 0.15) is 37.8 Å². The molecule has 0 aliphatic heterocycles. The molecule has 1 aromatic heterocycles. The quantitative estimate of drug-likeness (QED) is 0.795. The van der Waals surface area contributed by atoms with Crippen LogP contribution < -0.4 is 5.32 Å². The standard InChI is InChI=1S/C12H19NO/c1-4-13-12(10-7-8(10)2)11-6-5-9(3)14-11/h5-6,8,10,12-13H,4,7H2,1-3H3. The monoisotopic (exact) mass is 193 g/mol. The summed E-state index contributed by atoms with van der Waals surface area (Å²) in [7, 11) is 0. The van der Waals surface area contributed by atoms with Crippen molar-refractivity contribution < 1.29 is 4.42 Å². The fourth-order valence-corrected chi connectivity index (χ4v) is 2.12. The van der Waals surface area contributed by atoms with Gasteiger partial charge in [0.2, 0.25) is 0 Å². The first kappa shape index (κ1) is 9.78. The summed E-state index contributed by atoms with van der Waals surface area (Å²) in [5.74, 6) is 3.75. The minimum absolute atomic E-state index is 0.434. The van der Waals surface area contributed by atoms with Gasteiger partial charge in [-0.15, -0.1) is 0 Å². The number of rotatable bonds is 4. The summed E-state index contributed by atoms with van der Waals surface area (Å²) >= 11 is 0. The lowest BCUT2D eigenvalue weighted by atomic mass is 10.1. The second-order valence-electron chi connectivity index (χ2n) is 4.36. The Labute approximate surface area is 85.7 Å². The van der Waals surface area contributed by atoms with Crippen molar-refractivity contribution in [2.75, 3.05) is 6.54 Å². The van der Waals surface area contributed by atoms with Crippen LogP contribution >= 0.6 is 0 Å². The number of aryl methyl sites for hydroxylation is 1. The lowest BCUT2D eigenvalue weighted by Gasteiger charge is -2.14. The predicted octanol–water partition coefficient (Wildman–Crippen LogP) is 2.89. The van der Waals surface area contributed by atoms with E-state index >= 15 is 0 Å². The van der Waals surface area contributed by atoms with Crippen molar-refractivity contribution in [3.05, 3.63) is 23.7 Å². The van der Waals surface area contributed by atoms with Crippen molar-refractivity contribution in [2.45, 2.75) is 33.2 Å². The van der Waals surface area contributed by atoms with Gasteiger partial charge in [-0.25, -0.2) is 0 Å². The molecule has 1 fully saturated rings. The highest BCUT2D eigenvalue weighted by atomic mass is 16.3. The smallest absolute Gasteiger partial charge is 0.121 e. The highest BCUT2D eigenvalue weighted by Crippen LogP contribution is 2.47. The summed E-state index contributed by atoms with van der Waals surface area (Å²) in [5, 5.41) is 3.51. The molecule has 1 saturated carbocycles. The van der Waals surface area contributed by atoms with Crippen LogP contribution in [0.3, 0.4) is 0 Å². The third-order valence-electron chi connectivity index (χ3n) is 3.09. The molecular formula is C12H19NO. The summed E-state index contributed by atoms with van der Waals surface area (Å²) in [6.07, 6.45) is 1.33. The van der Waals surface area contributed by atoms with Gasteiger partial charge in [0, 0.05) is 0 Å². The number of furan rings is 1. The maximum atomic E-state index is 5.69. The highest BCUT2D eigenvalue weighted by Gasteiger charge is 2.41. The van der Waals surface area contributed by atoms with Gasteiger partial charge in [-0.3, -0.25) is 0 Å². The Morgan fingerprint density at radius 1 is 1.57 bits per heavy atom. The minimum atomic E-state index is 0.434. The second kappa shape index (κ2) is 3.77. The van der Waals surface area contributed by atoms with Crippen LogP contribution in [0.2, 0.25) is 0 Å². The average molecular weight is 193 g/mol. The van der Waals surface area contributed by atoms with Crippen LogP contribution in [0, 0.1) is 18.8 Å². The molecule has 1 aliphatic carbocycles. The molecule has 3 atom stereocenters. The molecule has 0 saturated heterocycles. The van der Waals surface area contributed by atoms with Crippen LogP contribution in [0.5, 0.6) is 0 Å². The molecule has 1 aliphatic rings. The molecule has 78 valence electrons. The zero-order valence-corrected chi connectivity index (χ0v) is 9.21. The molecule has 2 heteroatoms. The van der Waals surface area contributed by atoms with E-state index in [1.165, 1.54) is 6.42 Å². The fourth-order valence-electron chi connectivity index (χ4n) is 2.12. The SMILES string of the molecule is CCNC(c1ccc(C)o1)C1CC1C. The second-order valence-corrected chi connectivity index (χ2v) is 4.36. The van der Waals surface area contributed by atoms with E-state index in [0.29, 0.717) is 6.04 Å². The maximum absolute atomic E-state index is 5.69. The van der Waals surface area contributed by atoms with Gasteiger partial charge in [-0.2, -0.15) is 0 Å². The van der Waals surface area contributed by atoms with Gasteiger partial charge in [-0.05, 0) is 43.9 Å². The topological polar surface area (TPSA) is 25.2 Å². The Kier molecular flexibility index (Phi) is 2.64. The van der Waals surface area contributed by atoms with Crippen LogP contribution in [-0.2, 0) is 0 Å². The largest absolute Gasteiger partial charge is 0.465 e. The Morgan fingerprint density at radius 3 is 2.71 bits per heavy atom. The predicted molar refractivity (Wildman–Crippen MR) is 57.1 cm³/mol. The van der Waals surface area contributed by atoms with Gasteiger partial charge in [-0.1, -0.05) is 13.8 Å². The molecule has 0 radical (unpaired) electrons. The third kappa shape index (κ3) is 1.85. The molecule has 0 amide bonds. The Morgan fingerprint density at radius 2 is 2.29 bits per heavy atom. The average Bonchev–Trinajstić information content (AvgIpc) is 2.69. The zero-order chi connectivity index (χ0) is 10.1. The van der Waals surface area contributed by atoms with Crippen molar-refractivity contribution >= 4 is 0 Å². The first-order valence-corrected chi connectivity index (χ1v) is 5.52. The summed E-state index contributed by atoms with van der Waals surface area (Å²) in [5.41, 5.74) is 0. The van der Waals surface area contributed by atoms with E-state index in [4.69, 9.17) is 4.42 Å². The first-order valence-electron chi connectivity index (χ1n) is 5.52. The molecule has 0 aromatic carbocycles. The van der Waals surface area contributed by atoms with Crippen molar-refractivity contribution in [3.8, 4) is 0 Å². The molecular weight excluding hydrogens is 174 g/mol. The summed E-state index contributed by atoms with van der Waals surface area (Å²) < 4.78 is 5.69. The van der Waals surface area contributed by atoms with E-state index in [1.807, 2.05) is 13.0 Å². The van der Waals surface area contributed by atoms with E-state index in [9.17, 15) is 0 Å². The minimum Gasteiger partial charge on any atom is -0.465 e. The van der Waals surface area contributed by atoms with Crippen LogP contribution in [0.15, 0.2) is 16.5 Å². The zero-order valence-electron chi connectivity index (χ0n) is 9.21. The van der Waals surface area contributed by atoms with E-state index in [0.717, 1.165) is 29.9 Å². The van der Waals surface area contributed by atoms with Gasteiger partial charge in [0.25, 0.3) is 0 Å². The lowest BCUT2D eigenvalue weighted by Crippen LogP contribution is -2.22. The van der Waals surface area contributed by atoms with E-state index < -0.39 is 0 Å². The molecule has 3 unspecified atom stereocenters. The molecule has 2 rings (SSSR count). The Hall–Kier alpha value is -0.760. The van der Waals surface area contributed by atoms with Gasteiger partial charge in [0.1, 0.15) is 11.5 Å². The molecule has 14 heavy (non-hydrogen) atoms. The highest BCUT2D eigenvalue weighted by molar-refractivity contribution is 5.13. The molecule has 1 heterocycles. The number of hydrogen-bond acceptors (Lipinski definition) is 2. The van der Waals surface area contributed by atoms with Gasteiger partial charge in [0.05, 0.1) is 6.04 Å². The summed E-state index contributed by atoms with van der Waals surface area (Å²) in [4.78, 5) is 0. The summed E-state index contributed by atoms with van der Waals surface area (Å²) in [6, 6.07) is 4.59. The first-order chi connectivity index (χ1) is 6.72. The van der Waals surface area contributed by atoms with E-state index in [1.54, 1.807) is 0 Å². The Balaban J connectivity index is 2.10. The van der Waals surface area contributed by atoms with E-state index in [2.05, 4.69) is 25.2 Å². The Bertz CT molecular complexity index is 305. The molecule has 0 bridgehead atoms. The number of nitrogens with one attached hydrogen (secondary N) is 1. The van der Waals surface area contributed by atoms with Gasteiger partial charge >= 0.3 is 0 Å². The van der Waals surface area contributed by atoms with Crippen molar-refractivity contribution in [2.24, 2.45) is 11.8 Å². The molecule has 2 nitrogen and oxygen atoms in total. The summed E-state index contributed by atoms with van der Waals surface area (Å²) in [6.45, 7) is 7.47. The van der Waals surface area contributed by atoms with E-state index in [-0.39, 0.29) is 0 Å². The van der Waals surface area contributed by atoms with Crippen molar-refractivity contribution in [1.29, 1.82) is 0 Å². The molecule has 1 N–H and O–H groups in total. The lowest BCUT2D eigenvalue weighted by molar-refractivity contribution is 0.370. The normalized spacial score (nSPS) is 27.6. The fraction of sp³-hybridized carbons (Fsp3) is 0.667. The van der Waals surface area contributed by atoms with Crippen LogP contribution in [0.25, 0.3) is 0 Å². The van der Waals surface area contributed by atoms with Gasteiger partial charge in [0.15, 0.2) is 0 Å². The third-order valence-corrected chi connectivity index (χ3v) is 3.09. The van der Waals surface area contributed by atoms with Crippen LogP contribution in [0.4, 0.5) is 0 Å². The van der Waals surface area contributed by atoms with Crippen molar-refractivity contribution in [1.82, 2.24) is 5.32 Å². The maximum Gasteiger partial charge on any atom is 0.121 e. The van der Waals surface area contributed by atoms with Crippen molar-refractivity contribution in [3.63, 3.8) is 0 Å². The van der Waals surface area contributed by atoms with Crippen LogP contribution in [-0.4, -0.2) is 6.54 Å².